The third-order valence-corrected chi connectivity index (χ3v) is 4.45. The van der Waals surface area contributed by atoms with E-state index in [1.54, 1.807) is 18.4 Å². The van der Waals surface area contributed by atoms with E-state index in [2.05, 4.69) is 5.32 Å². The van der Waals surface area contributed by atoms with Crippen LogP contribution in [0.15, 0.2) is 41.1 Å². The summed E-state index contributed by atoms with van der Waals surface area (Å²) in [6.45, 7) is 2.27. The predicted molar refractivity (Wildman–Crippen MR) is 91.2 cm³/mol. The van der Waals surface area contributed by atoms with Crippen LogP contribution in [-0.4, -0.2) is 37.6 Å². The molecule has 0 bridgehead atoms. The van der Waals surface area contributed by atoms with Crippen molar-refractivity contribution in [3.8, 4) is 5.75 Å². The molecule has 2 aromatic rings. The van der Waals surface area contributed by atoms with Crippen molar-refractivity contribution in [3.63, 3.8) is 0 Å². The van der Waals surface area contributed by atoms with Crippen LogP contribution < -0.4 is 10.1 Å². The molecule has 1 N–H and O–H groups in total. The van der Waals surface area contributed by atoms with Crippen molar-refractivity contribution in [2.45, 2.75) is 6.04 Å². The Morgan fingerprint density at radius 1 is 1.36 bits per heavy atom. The Kier molecular flexibility index (Phi) is 5.83. The fraction of sp³-hybridized carbons (Fsp3) is 0.312. The summed E-state index contributed by atoms with van der Waals surface area (Å²) in [7, 11) is 1.67. The standard InChI is InChI=1S/C16H18N2O2S.ClH/c1-20-15-5-3-2-4-13(15)14-10-17-7-8-18(14)16(19)12-6-9-21-11-12;/h2-6,9,11,14,17H,7-8,10H2,1H3;1H. The molecule has 4 nitrogen and oxygen atoms in total. The molecule has 0 aliphatic carbocycles. The van der Waals surface area contributed by atoms with E-state index in [0.29, 0.717) is 6.54 Å². The summed E-state index contributed by atoms with van der Waals surface area (Å²) >= 11 is 1.55. The maximum absolute atomic E-state index is 12.7. The number of hydrogen-bond acceptors (Lipinski definition) is 4. The van der Waals surface area contributed by atoms with Crippen molar-refractivity contribution in [1.82, 2.24) is 10.2 Å². The fourth-order valence-corrected chi connectivity index (χ4v) is 3.35. The van der Waals surface area contributed by atoms with Crippen LogP contribution in [-0.2, 0) is 0 Å². The molecule has 1 atom stereocenters. The minimum Gasteiger partial charge on any atom is -0.496 e. The summed E-state index contributed by atoms with van der Waals surface area (Å²) in [4.78, 5) is 14.6. The van der Waals surface area contributed by atoms with Gasteiger partial charge in [0.1, 0.15) is 5.75 Å². The van der Waals surface area contributed by atoms with Crippen LogP contribution in [0.1, 0.15) is 22.0 Å². The van der Waals surface area contributed by atoms with Gasteiger partial charge in [0.05, 0.1) is 18.7 Å². The molecule has 1 aliphatic heterocycles. The van der Waals surface area contributed by atoms with Gasteiger partial charge in [-0.15, -0.1) is 12.4 Å². The normalized spacial score (nSPS) is 17.7. The topological polar surface area (TPSA) is 41.6 Å². The number of nitrogens with zero attached hydrogens (tertiary/aromatic N) is 1. The Morgan fingerprint density at radius 2 is 2.18 bits per heavy atom. The van der Waals surface area contributed by atoms with E-state index in [4.69, 9.17) is 4.74 Å². The number of hydrogen-bond donors (Lipinski definition) is 1. The molecule has 1 unspecified atom stereocenters. The zero-order chi connectivity index (χ0) is 14.7. The fourth-order valence-electron chi connectivity index (χ4n) is 2.72. The molecular formula is C16H19ClN2O2S. The minimum atomic E-state index is 0. The van der Waals surface area contributed by atoms with E-state index in [9.17, 15) is 4.79 Å². The highest BCUT2D eigenvalue weighted by molar-refractivity contribution is 7.08. The van der Waals surface area contributed by atoms with Crippen LogP contribution in [0.5, 0.6) is 5.75 Å². The van der Waals surface area contributed by atoms with E-state index in [1.807, 2.05) is 46.0 Å². The molecule has 6 heteroatoms. The molecule has 0 saturated carbocycles. The Morgan fingerprint density at radius 3 is 2.91 bits per heavy atom. The maximum Gasteiger partial charge on any atom is 0.255 e. The smallest absolute Gasteiger partial charge is 0.255 e. The van der Waals surface area contributed by atoms with Gasteiger partial charge in [0.2, 0.25) is 0 Å². The summed E-state index contributed by atoms with van der Waals surface area (Å²) in [6.07, 6.45) is 0. The summed E-state index contributed by atoms with van der Waals surface area (Å²) < 4.78 is 5.45. The Bertz CT molecular complexity index is 618. The highest BCUT2D eigenvalue weighted by atomic mass is 35.5. The van der Waals surface area contributed by atoms with Gasteiger partial charge in [-0.2, -0.15) is 11.3 Å². The Balaban J connectivity index is 0.00000176. The van der Waals surface area contributed by atoms with Gasteiger partial charge in [-0.3, -0.25) is 4.79 Å². The molecule has 2 heterocycles. The third kappa shape index (κ3) is 3.27. The molecule has 118 valence electrons. The lowest BCUT2D eigenvalue weighted by Crippen LogP contribution is -2.48. The number of halogens is 1. The first kappa shape index (κ1) is 16.8. The molecule has 1 fully saturated rings. The van der Waals surface area contributed by atoms with Gasteiger partial charge in [-0.25, -0.2) is 0 Å². The largest absolute Gasteiger partial charge is 0.496 e. The average Bonchev–Trinajstić information content (AvgIpc) is 3.08. The number of piperazine rings is 1. The first-order valence-corrected chi connectivity index (χ1v) is 7.92. The van der Waals surface area contributed by atoms with Crippen molar-refractivity contribution in [2.75, 3.05) is 26.7 Å². The highest BCUT2D eigenvalue weighted by Gasteiger charge is 2.30. The van der Waals surface area contributed by atoms with Crippen molar-refractivity contribution in [3.05, 3.63) is 52.2 Å². The second-order valence-electron chi connectivity index (χ2n) is 4.97. The van der Waals surface area contributed by atoms with E-state index in [-0.39, 0.29) is 24.4 Å². The molecule has 0 radical (unpaired) electrons. The minimum absolute atomic E-state index is 0. The number of benzene rings is 1. The summed E-state index contributed by atoms with van der Waals surface area (Å²) in [6, 6.07) is 9.79. The second kappa shape index (κ2) is 7.63. The molecule has 3 rings (SSSR count). The SMILES string of the molecule is COc1ccccc1C1CNCCN1C(=O)c1ccsc1.Cl. The summed E-state index contributed by atoms with van der Waals surface area (Å²) in [5.74, 6) is 0.919. The number of amides is 1. The lowest BCUT2D eigenvalue weighted by Gasteiger charge is -2.37. The van der Waals surface area contributed by atoms with Gasteiger partial charge in [0.25, 0.3) is 5.91 Å². The van der Waals surface area contributed by atoms with Crippen LogP contribution in [0.2, 0.25) is 0 Å². The number of carbonyl (C=O) groups is 1. The molecule has 0 spiro atoms. The maximum atomic E-state index is 12.7. The van der Waals surface area contributed by atoms with Gasteiger partial charge in [0, 0.05) is 30.6 Å². The Hall–Kier alpha value is -1.56. The molecular weight excluding hydrogens is 320 g/mol. The van der Waals surface area contributed by atoms with Crippen LogP contribution >= 0.6 is 23.7 Å². The second-order valence-corrected chi connectivity index (χ2v) is 5.75. The van der Waals surface area contributed by atoms with Gasteiger partial charge in [-0.05, 0) is 17.5 Å². The highest BCUT2D eigenvalue weighted by Crippen LogP contribution is 2.31. The van der Waals surface area contributed by atoms with E-state index in [0.717, 1.165) is 30.0 Å². The molecule has 22 heavy (non-hydrogen) atoms. The number of nitrogens with one attached hydrogen (secondary N) is 1. The number of methoxy groups -OCH3 is 1. The quantitative estimate of drug-likeness (QED) is 0.935. The summed E-state index contributed by atoms with van der Waals surface area (Å²) in [5.41, 5.74) is 1.82. The van der Waals surface area contributed by atoms with Crippen molar-refractivity contribution >= 4 is 29.7 Å². The van der Waals surface area contributed by atoms with E-state index >= 15 is 0 Å². The summed E-state index contributed by atoms with van der Waals surface area (Å²) in [5, 5.41) is 7.21. The molecule has 1 aromatic heterocycles. The van der Waals surface area contributed by atoms with Crippen LogP contribution in [0.4, 0.5) is 0 Å². The van der Waals surface area contributed by atoms with Gasteiger partial charge >= 0.3 is 0 Å². The van der Waals surface area contributed by atoms with Gasteiger partial charge < -0.3 is 15.0 Å². The lowest BCUT2D eigenvalue weighted by molar-refractivity contribution is 0.0632. The molecule has 1 aromatic carbocycles. The number of rotatable bonds is 3. The number of carbonyl (C=O) groups excluding carboxylic acids is 1. The number of thiophene rings is 1. The van der Waals surface area contributed by atoms with E-state index in [1.165, 1.54) is 0 Å². The van der Waals surface area contributed by atoms with Crippen molar-refractivity contribution in [2.24, 2.45) is 0 Å². The Labute approximate surface area is 140 Å². The van der Waals surface area contributed by atoms with Crippen LogP contribution in [0, 0.1) is 0 Å². The molecule has 1 amide bonds. The van der Waals surface area contributed by atoms with Crippen molar-refractivity contribution in [1.29, 1.82) is 0 Å². The van der Waals surface area contributed by atoms with Crippen LogP contribution in [0.3, 0.4) is 0 Å². The third-order valence-electron chi connectivity index (χ3n) is 3.77. The average molecular weight is 339 g/mol. The van der Waals surface area contributed by atoms with Crippen molar-refractivity contribution < 1.29 is 9.53 Å². The van der Waals surface area contributed by atoms with Gasteiger partial charge in [0.15, 0.2) is 0 Å². The molecule has 1 aliphatic rings. The zero-order valence-electron chi connectivity index (χ0n) is 12.3. The van der Waals surface area contributed by atoms with Gasteiger partial charge in [-0.1, -0.05) is 18.2 Å². The van der Waals surface area contributed by atoms with Crippen LogP contribution in [0.25, 0.3) is 0 Å². The number of para-hydroxylation sites is 1. The number of ether oxygens (including phenoxy) is 1. The zero-order valence-corrected chi connectivity index (χ0v) is 14.0. The first-order valence-electron chi connectivity index (χ1n) is 6.98. The lowest BCUT2D eigenvalue weighted by atomic mass is 10.0. The first-order chi connectivity index (χ1) is 10.3. The molecule has 1 saturated heterocycles. The monoisotopic (exact) mass is 338 g/mol. The predicted octanol–water partition coefficient (Wildman–Crippen LogP) is 2.97. The van der Waals surface area contributed by atoms with E-state index < -0.39 is 0 Å².